The standard InChI is InChI=1S/C33H52N2O/c1-7-22-34(9-3)26(4)29-16-18-31(19-17-29)30-14-12-27(13-15-30)10-11-28-20-23-35(24-21-28)32(36)25-33(5,6)8-2/h12-15,18,28-29H,4,7-11,16-17,19-25H2,1-3,5-6H3. The summed E-state index contributed by atoms with van der Waals surface area (Å²) in [7, 11) is 0. The topological polar surface area (TPSA) is 23.6 Å². The second-order valence-electron chi connectivity index (χ2n) is 12.0. The molecule has 3 heteroatoms. The van der Waals surface area contributed by atoms with Crippen LogP contribution in [-0.2, 0) is 11.2 Å². The van der Waals surface area contributed by atoms with Crippen LogP contribution in [0.5, 0.6) is 0 Å². The number of piperidine rings is 1. The van der Waals surface area contributed by atoms with Gasteiger partial charge in [0.2, 0.25) is 5.91 Å². The van der Waals surface area contributed by atoms with E-state index in [0.717, 1.165) is 70.6 Å². The second-order valence-corrected chi connectivity index (χ2v) is 12.0. The van der Waals surface area contributed by atoms with Gasteiger partial charge in [-0.2, -0.15) is 0 Å². The van der Waals surface area contributed by atoms with Gasteiger partial charge in [-0.25, -0.2) is 0 Å². The van der Waals surface area contributed by atoms with E-state index in [9.17, 15) is 4.79 Å². The maximum atomic E-state index is 12.7. The third kappa shape index (κ3) is 7.98. The number of aryl methyl sites for hydroxylation is 1. The fourth-order valence-corrected chi connectivity index (χ4v) is 5.81. The number of hydrogen-bond acceptors (Lipinski definition) is 2. The van der Waals surface area contributed by atoms with Gasteiger partial charge in [0.15, 0.2) is 0 Å². The molecule has 1 aliphatic heterocycles. The van der Waals surface area contributed by atoms with Gasteiger partial charge in [0.05, 0.1) is 0 Å². The van der Waals surface area contributed by atoms with Gasteiger partial charge in [0.25, 0.3) is 0 Å². The first kappa shape index (κ1) is 28.5. The van der Waals surface area contributed by atoms with Crippen LogP contribution in [0.25, 0.3) is 5.57 Å². The lowest BCUT2D eigenvalue weighted by molar-refractivity contribution is -0.134. The van der Waals surface area contributed by atoms with E-state index < -0.39 is 0 Å². The second kappa shape index (κ2) is 13.5. The molecule has 1 aliphatic carbocycles. The summed E-state index contributed by atoms with van der Waals surface area (Å²) >= 11 is 0. The zero-order valence-corrected chi connectivity index (χ0v) is 24.0. The third-order valence-corrected chi connectivity index (χ3v) is 8.88. The van der Waals surface area contributed by atoms with Crippen LogP contribution in [0.1, 0.15) is 104 Å². The van der Waals surface area contributed by atoms with Gasteiger partial charge in [-0.3, -0.25) is 4.79 Å². The van der Waals surface area contributed by atoms with E-state index in [1.807, 2.05) is 0 Å². The number of carbonyl (C=O) groups is 1. The van der Waals surface area contributed by atoms with Crippen molar-refractivity contribution in [2.75, 3.05) is 26.2 Å². The van der Waals surface area contributed by atoms with Crippen molar-refractivity contribution >= 4 is 11.5 Å². The minimum Gasteiger partial charge on any atom is -0.375 e. The van der Waals surface area contributed by atoms with Crippen LogP contribution in [0.15, 0.2) is 42.6 Å². The molecule has 0 aromatic heterocycles. The van der Waals surface area contributed by atoms with Crippen molar-refractivity contribution in [3.05, 3.63) is 53.7 Å². The van der Waals surface area contributed by atoms with E-state index in [0.29, 0.717) is 18.2 Å². The highest BCUT2D eigenvalue weighted by molar-refractivity contribution is 5.77. The number of nitrogens with zero attached hydrogens (tertiary/aromatic N) is 2. The lowest BCUT2D eigenvalue weighted by Crippen LogP contribution is -2.40. The molecule has 200 valence electrons. The number of allylic oxidation sites excluding steroid dienone is 3. The zero-order valence-electron chi connectivity index (χ0n) is 24.0. The fraction of sp³-hybridized carbons (Fsp3) is 0.667. The molecule has 0 spiro atoms. The highest BCUT2D eigenvalue weighted by atomic mass is 16.2. The Labute approximate surface area is 222 Å². The minimum absolute atomic E-state index is 0.120. The molecule has 36 heavy (non-hydrogen) atoms. The monoisotopic (exact) mass is 492 g/mol. The third-order valence-electron chi connectivity index (χ3n) is 8.88. The van der Waals surface area contributed by atoms with Crippen molar-refractivity contribution in [2.45, 2.75) is 98.8 Å². The first-order chi connectivity index (χ1) is 17.3. The van der Waals surface area contributed by atoms with Crippen molar-refractivity contribution in [3.8, 4) is 0 Å². The van der Waals surface area contributed by atoms with Gasteiger partial charge < -0.3 is 9.80 Å². The highest BCUT2D eigenvalue weighted by Crippen LogP contribution is 2.35. The molecular weight excluding hydrogens is 440 g/mol. The van der Waals surface area contributed by atoms with Gasteiger partial charge in [-0.05, 0) is 86.3 Å². The molecule has 3 nitrogen and oxygen atoms in total. The minimum atomic E-state index is 0.120. The summed E-state index contributed by atoms with van der Waals surface area (Å²) < 4.78 is 0. The lowest BCUT2D eigenvalue weighted by Gasteiger charge is -2.34. The Morgan fingerprint density at radius 1 is 1.08 bits per heavy atom. The van der Waals surface area contributed by atoms with Crippen molar-refractivity contribution < 1.29 is 4.79 Å². The maximum Gasteiger partial charge on any atom is 0.223 e. The molecule has 1 heterocycles. The predicted molar refractivity (Wildman–Crippen MR) is 155 cm³/mol. The zero-order chi connectivity index (χ0) is 26.1. The number of amides is 1. The predicted octanol–water partition coefficient (Wildman–Crippen LogP) is 8.11. The van der Waals surface area contributed by atoms with Gasteiger partial charge in [-0.15, -0.1) is 0 Å². The maximum absolute atomic E-state index is 12.7. The smallest absolute Gasteiger partial charge is 0.223 e. The molecule has 1 aromatic carbocycles. The quantitative estimate of drug-likeness (QED) is 0.294. The Balaban J connectivity index is 1.43. The summed E-state index contributed by atoms with van der Waals surface area (Å²) in [5.74, 6) is 1.70. The van der Waals surface area contributed by atoms with E-state index in [2.05, 4.69) is 81.3 Å². The number of hydrogen-bond donors (Lipinski definition) is 0. The van der Waals surface area contributed by atoms with Crippen LogP contribution in [0, 0.1) is 17.3 Å². The van der Waals surface area contributed by atoms with Crippen molar-refractivity contribution in [2.24, 2.45) is 17.3 Å². The van der Waals surface area contributed by atoms with E-state index in [1.54, 1.807) is 0 Å². The fourth-order valence-electron chi connectivity index (χ4n) is 5.81. The first-order valence-corrected chi connectivity index (χ1v) is 14.8. The molecular formula is C33H52N2O. The van der Waals surface area contributed by atoms with Crippen LogP contribution >= 0.6 is 0 Å². The Morgan fingerprint density at radius 3 is 2.33 bits per heavy atom. The summed E-state index contributed by atoms with van der Waals surface area (Å²) in [6.45, 7) is 19.6. The number of carbonyl (C=O) groups excluding carboxylic acids is 1. The van der Waals surface area contributed by atoms with Crippen LogP contribution in [-0.4, -0.2) is 41.9 Å². The normalized spacial score (nSPS) is 19.2. The lowest BCUT2D eigenvalue weighted by atomic mass is 9.84. The number of rotatable bonds is 12. The molecule has 1 aromatic rings. The Kier molecular flexibility index (Phi) is 10.7. The molecule has 0 N–H and O–H groups in total. The average Bonchev–Trinajstić information content (AvgIpc) is 2.90. The summed E-state index contributed by atoms with van der Waals surface area (Å²) in [6, 6.07) is 9.35. The van der Waals surface area contributed by atoms with Crippen LogP contribution in [0.2, 0.25) is 0 Å². The largest absolute Gasteiger partial charge is 0.375 e. The summed E-state index contributed by atoms with van der Waals surface area (Å²) in [5.41, 5.74) is 5.81. The molecule has 2 aliphatic rings. The molecule has 1 saturated heterocycles. The van der Waals surface area contributed by atoms with Gasteiger partial charge in [0, 0.05) is 44.2 Å². The Hall–Kier alpha value is -2.03. The summed E-state index contributed by atoms with van der Waals surface area (Å²) in [4.78, 5) is 17.2. The SMILES string of the molecule is C=C(C1CC=C(c2ccc(CCC3CCN(C(=O)CC(C)(C)CC)CC3)cc2)CC1)N(CC)CCC. The molecule has 0 bridgehead atoms. The molecule has 1 atom stereocenters. The first-order valence-electron chi connectivity index (χ1n) is 14.8. The Bertz CT molecular complexity index is 873. The number of benzene rings is 1. The summed E-state index contributed by atoms with van der Waals surface area (Å²) in [6.07, 6.45) is 13.6. The van der Waals surface area contributed by atoms with Crippen molar-refractivity contribution in [1.29, 1.82) is 0 Å². The molecule has 1 fully saturated rings. The van der Waals surface area contributed by atoms with Gasteiger partial charge in [-0.1, -0.05) is 71.0 Å². The van der Waals surface area contributed by atoms with E-state index >= 15 is 0 Å². The average molecular weight is 493 g/mol. The molecule has 0 saturated carbocycles. The molecule has 1 amide bonds. The summed E-state index contributed by atoms with van der Waals surface area (Å²) in [5, 5.41) is 0. The van der Waals surface area contributed by atoms with Crippen LogP contribution in [0.4, 0.5) is 0 Å². The van der Waals surface area contributed by atoms with E-state index in [4.69, 9.17) is 0 Å². The Morgan fingerprint density at radius 2 is 1.78 bits per heavy atom. The molecule has 3 rings (SSSR count). The molecule has 1 unspecified atom stereocenters. The van der Waals surface area contributed by atoms with Crippen LogP contribution in [0.3, 0.4) is 0 Å². The molecule has 0 radical (unpaired) electrons. The van der Waals surface area contributed by atoms with Gasteiger partial charge >= 0.3 is 0 Å². The van der Waals surface area contributed by atoms with Gasteiger partial charge in [0.1, 0.15) is 0 Å². The van der Waals surface area contributed by atoms with E-state index in [-0.39, 0.29) is 5.41 Å². The number of likely N-dealkylation sites (tertiary alicyclic amines) is 1. The van der Waals surface area contributed by atoms with Crippen LogP contribution < -0.4 is 0 Å². The van der Waals surface area contributed by atoms with Crippen molar-refractivity contribution in [1.82, 2.24) is 9.80 Å². The van der Waals surface area contributed by atoms with E-state index in [1.165, 1.54) is 41.7 Å². The van der Waals surface area contributed by atoms with Crippen molar-refractivity contribution in [3.63, 3.8) is 0 Å². The highest BCUT2D eigenvalue weighted by Gasteiger charge is 2.27.